The summed E-state index contributed by atoms with van der Waals surface area (Å²) in [4.78, 5) is 20.6. The minimum absolute atomic E-state index is 0.271. The van der Waals surface area contributed by atoms with E-state index in [1.54, 1.807) is 24.3 Å². The van der Waals surface area contributed by atoms with Gasteiger partial charge in [0, 0.05) is 0 Å². The van der Waals surface area contributed by atoms with Crippen LogP contribution in [0.3, 0.4) is 0 Å². The number of ether oxygens (including phenoxy) is 1. The van der Waals surface area contributed by atoms with Gasteiger partial charge in [0.2, 0.25) is 0 Å². The molecule has 1 aromatic rings. The Morgan fingerprint density at radius 1 is 1.18 bits per heavy atom. The zero-order chi connectivity index (χ0) is 12.7. The first-order valence-electron chi connectivity index (χ1n) is 4.74. The number of para-hydroxylation sites is 1. The molecule has 0 aromatic heterocycles. The maximum atomic E-state index is 10.3. The fourth-order valence-electron chi connectivity index (χ4n) is 1.05. The van der Waals surface area contributed by atoms with Crippen LogP contribution in [0.15, 0.2) is 24.3 Å². The van der Waals surface area contributed by atoms with Gasteiger partial charge >= 0.3 is 11.9 Å². The lowest BCUT2D eigenvalue weighted by Crippen LogP contribution is -2.10. The molecule has 5 nitrogen and oxygen atoms in total. The van der Waals surface area contributed by atoms with Crippen molar-refractivity contribution in [3.63, 3.8) is 0 Å². The number of rotatable bonds is 4. The van der Waals surface area contributed by atoms with Gasteiger partial charge in [0.25, 0.3) is 0 Å². The third-order valence-corrected chi connectivity index (χ3v) is 1.70. The molecule has 0 heterocycles. The quantitative estimate of drug-likeness (QED) is 0.758. The maximum absolute atomic E-state index is 10.3. The number of carboxylic acids is 2. The van der Waals surface area contributed by atoms with E-state index in [2.05, 4.69) is 11.8 Å². The van der Waals surface area contributed by atoms with Crippen LogP contribution >= 0.6 is 0 Å². The first-order chi connectivity index (χ1) is 8.09. The fourth-order valence-corrected chi connectivity index (χ4v) is 1.05. The molecule has 2 N–H and O–H groups in total. The Balaban J connectivity index is 2.79. The van der Waals surface area contributed by atoms with E-state index in [-0.39, 0.29) is 6.42 Å². The van der Waals surface area contributed by atoms with E-state index in [4.69, 9.17) is 14.9 Å². The van der Waals surface area contributed by atoms with Gasteiger partial charge in [0.1, 0.15) is 12.2 Å². The van der Waals surface area contributed by atoms with Crippen molar-refractivity contribution in [2.45, 2.75) is 6.42 Å². The lowest BCUT2D eigenvalue weighted by molar-refractivity contribution is -0.139. The molecule has 0 aliphatic heterocycles. The normalized spacial score (nSPS) is 8.94. The molecule has 0 atom stereocenters. The van der Waals surface area contributed by atoms with Gasteiger partial charge in [-0.05, 0) is 12.1 Å². The highest BCUT2D eigenvalue weighted by Gasteiger charge is 2.03. The molecular weight excluding hydrogens is 224 g/mol. The van der Waals surface area contributed by atoms with Crippen molar-refractivity contribution < 1.29 is 24.5 Å². The van der Waals surface area contributed by atoms with E-state index in [9.17, 15) is 9.59 Å². The zero-order valence-electron chi connectivity index (χ0n) is 8.84. The third kappa shape index (κ3) is 4.71. The Morgan fingerprint density at radius 2 is 1.88 bits per heavy atom. The predicted octanol–water partition coefficient (Wildman–Crippen LogP) is 0.976. The SMILES string of the molecule is O=C(O)CC#Cc1ccccc1OCC(=O)O. The lowest BCUT2D eigenvalue weighted by atomic mass is 10.2. The number of benzene rings is 1. The van der Waals surface area contributed by atoms with Crippen molar-refractivity contribution in [2.24, 2.45) is 0 Å². The topological polar surface area (TPSA) is 83.8 Å². The van der Waals surface area contributed by atoms with Crippen molar-refractivity contribution in [3.8, 4) is 17.6 Å². The fraction of sp³-hybridized carbons (Fsp3) is 0.167. The van der Waals surface area contributed by atoms with E-state index in [0.29, 0.717) is 11.3 Å². The number of hydrogen-bond acceptors (Lipinski definition) is 3. The predicted molar refractivity (Wildman–Crippen MR) is 58.7 cm³/mol. The second-order valence-electron chi connectivity index (χ2n) is 3.05. The molecule has 17 heavy (non-hydrogen) atoms. The molecule has 1 aromatic carbocycles. The van der Waals surface area contributed by atoms with Gasteiger partial charge in [-0.3, -0.25) is 4.79 Å². The Labute approximate surface area is 97.6 Å². The summed E-state index contributed by atoms with van der Waals surface area (Å²) in [5.74, 6) is 3.30. The largest absolute Gasteiger partial charge is 0.481 e. The van der Waals surface area contributed by atoms with Crippen LogP contribution < -0.4 is 4.74 Å². The molecule has 1 rings (SSSR count). The number of carboxylic acid groups (broad SMARTS) is 2. The summed E-state index contributed by atoms with van der Waals surface area (Å²) in [6.07, 6.45) is -0.271. The Hall–Kier alpha value is -2.48. The van der Waals surface area contributed by atoms with Crippen LogP contribution in [0.25, 0.3) is 0 Å². The van der Waals surface area contributed by atoms with Gasteiger partial charge in [0.15, 0.2) is 6.61 Å². The van der Waals surface area contributed by atoms with Crippen molar-refractivity contribution in [1.82, 2.24) is 0 Å². The monoisotopic (exact) mass is 234 g/mol. The average molecular weight is 234 g/mol. The second-order valence-corrected chi connectivity index (χ2v) is 3.05. The molecule has 5 heteroatoms. The molecule has 0 amide bonds. The molecule has 88 valence electrons. The second kappa shape index (κ2) is 6.18. The summed E-state index contributed by atoms with van der Waals surface area (Å²) in [5.41, 5.74) is 0.468. The minimum atomic E-state index is -1.08. The minimum Gasteiger partial charge on any atom is -0.481 e. The molecule has 0 aliphatic carbocycles. The van der Waals surface area contributed by atoms with Crippen molar-refractivity contribution in [2.75, 3.05) is 6.61 Å². The maximum Gasteiger partial charge on any atom is 0.341 e. The van der Waals surface area contributed by atoms with Crippen LogP contribution in [0, 0.1) is 11.8 Å². The van der Waals surface area contributed by atoms with Gasteiger partial charge in [-0.1, -0.05) is 24.0 Å². The first-order valence-corrected chi connectivity index (χ1v) is 4.74. The van der Waals surface area contributed by atoms with Crippen LogP contribution in [0.5, 0.6) is 5.75 Å². The van der Waals surface area contributed by atoms with Gasteiger partial charge in [-0.15, -0.1) is 0 Å². The Kier molecular flexibility index (Phi) is 4.58. The van der Waals surface area contributed by atoms with Gasteiger partial charge < -0.3 is 14.9 Å². The highest BCUT2D eigenvalue weighted by molar-refractivity contribution is 5.70. The number of hydrogen-bond donors (Lipinski definition) is 2. The van der Waals surface area contributed by atoms with Gasteiger partial charge in [0.05, 0.1) is 5.56 Å². The summed E-state index contributed by atoms with van der Waals surface area (Å²) >= 11 is 0. The smallest absolute Gasteiger partial charge is 0.341 e. The van der Waals surface area contributed by atoms with Crippen molar-refractivity contribution in [1.29, 1.82) is 0 Å². The van der Waals surface area contributed by atoms with Crippen LogP contribution in [0.1, 0.15) is 12.0 Å². The highest BCUT2D eigenvalue weighted by Crippen LogP contribution is 2.16. The summed E-state index contributed by atoms with van der Waals surface area (Å²) < 4.78 is 5.01. The van der Waals surface area contributed by atoms with Crippen LogP contribution in [0.2, 0.25) is 0 Å². The molecule has 0 aliphatic rings. The molecule has 0 bridgehead atoms. The summed E-state index contributed by atoms with van der Waals surface area (Å²) in [6, 6.07) is 6.59. The average Bonchev–Trinajstić information content (AvgIpc) is 2.27. The molecule has 0 spiro atoms. The molecule has 0 saturated heterocycles. The molecule has 0 radical (unpaired) electrons. The van der Waals surface area contributed by atoms with Gasteiger partial charge in [-0.25, -0.2) is 4.79 Å². The summed E-state index contributed by atoms with van der Waals surface area (Å²) in [7, 11) is 0. The zero-order valence-corrected chi connectivity index (χ0v) is 8.84. The van der Waals surface area contributed by atoms with Crippen LogP contribution in [0.4, 0.5) is 0 Å². The number of carbonyl (C=O) groups is 2. The Morgan fingerprint density at radius 3 is 2.53 bits per heavy atom. The Bertz CT molecular complexity index is 481. The van der Waals surface area contributed by atoms with E-state index < -0.39 is 18.5 Å². The molecule has 0 saturated carbocycles. The van der Waals surface area contributed by atoms with E-state index in [1.807, 2.05) is 0 Å². The molecular formula is C12H10O5. The molecule has 0 fully saturated rings. The highest BCUT2D eigenvalue weighted by atomic mass is 16.5. The number of aliphatic carboxylic acids is 2. The van der Waals surface area contributed by atoms with E-state index in [0.717, 1.165) is 0 Å². The van der Waals surface area contributed by atoms with Crippen molar-refractivity contribution in [3.05, 3.63) is 29.8 Å². The van der Waals surface area contributed by atoms with Crippen LogP contribution in [-0.4, -0.2) is 28.8 Å². The van der Waals surface area contributed by atoms with Crippen molar-refractivity contribution >= 4 is 11.9 Å². The first kappa shape index (κ1) is 12.6. The van der Waals surface area contributed by atoms with E-state index >= 15 is 0 Å². The standard InChI is InChI=1S/C12H10O5/c13-11(14)7-3-5-9-4-1-2-6-10(9)17-8-12(15)16/h1-2,4,6H,7-8H2,(H,13,14)(H,15,16). The van der Waals surface area contributed by atoms with Gasteiger partial charge in [-0.2, -0.15) is 0 Å². The molecule has 0 unspecified atom stereocenters. The van der Waals surface area contributed by atoms with Crippen LogP contribution in [-0.2, 0) is 9.59 Å². The summed E-state index contributed by atoms with van der Waals surface area (Å²) in [6.45, 7) is -0.461. The third-order valence-electron chi connectivity index (χ3n) is 1.70. The lowest BCUT2D eigenvalue weighted by Gasteiger charge is -2.04. The summed E-state index contributed by atoms with van der Waals surface area (Å²) in [5, 5.41) is 16.9. The van der Waals surface area contributed by atoms with E-state index in [1.165, 1.54) is 0 Å².